The van der Waals surface area contributed by atoms with Crippen LogP contribution in [0.15, 0.2) is 58.2 Å². The van der Waals surface area contributed by atoms with Gasteiger partial charge in [-0.25, -0.2) is 9.66 Å². The minimum atomic E-state index is 0.314. The van der Waals surface area contributed by atoms with Gasteiger partial charge in [0.15, 0.2) is 5.76 Å². The zero-order chi connectivity index (χ0) is 23.9. The number of hydrogen-bond acceptors (Lipinski definition) is 7. The minimum absolute atomic E-state index is 0.314. The molecule has 4 aromatic rings. The second kappa shape index (κ2) is 8.69. The summed E-state index contributed by atoms with van der Waals surface area (Å²) in [5, 5.41) is 5.28. The van der Waals surface area contributed by atoms with Crippen LogP contribution in [0.2, 0.25) is 0 Å². The molecular formula is C27H28N4O4. The highest BCUT2D eigenvalue weighted by atomic mass is 16.5. The molecule has 0 bridgehead atoms. The molecule has 6 rings (SSSR count). The average Bonchev–Trinajstić information content (AvgIpc) is 3.64. The molecule has 4 heterocycles. The van der Waals surface area contributed by atoms with Gasteiger partial charge in [-0.2, -0.15) is 0 Å². The molecule has 2 aliphatic rings. The van der Waals surface area contributed by atoms with Crippen molar-refractivity contribution in [3.8, 4) is 23.0 Å². The van der Waals surface area contributed by atoms with Gasteiger partial charge in [-0.15, -0.1) is 5.10 Å². The summed E-state index contributed by atoms with van der Waals surface area (Å²) in [4.78, 5) is 7.12. The highest BCUT2D eigenvalue weighted by molar-refractivity contribution is 5.89. The van der Waals surface area contributed by atoms with Crippen molar-refractivity contribution in [3.05, 3.63) is 60.0 Å². The van der Waals surface area contributed by atoms with E-state index in [1.165, 1.54) is 11.3 Å². The molecule has 8 heteroatoms. The van der Waals surface area contributed by atoms with Crippen molar-refractivity contribution in [1.29, 1.82) is 0 Å². The molecule has 35 heavy (non-hydrogen) atoms. The number of rotatable bonds is 6. The number of hydrogen-bond donors (Lipinski definition) is 0. The molecule has 0 amide bonds. The third-order valence-electron chi connectivity index (χ3n) is 6.76. The Balaban J connectivity index is 1.27. The van der Waals surface area contributed by atoms with Gasteiger partial charge < -0.3 is 23.5 Å². The predicted molar refractivity (Wildman–Crippen MR) is 135 cm³/mol. The van der Waals surface area contributed by atoms with Crippen LogP contribution in [0, 0.1) is 6.92 Å². The fourth-order valence-electron chi connectivity index (χ4n) is 4.86. The number of fused-ring (bicyclic) bond motifs is 2. The SMILES string of the molecule is COC1=Nn2cc(-c3cc4c(OC[C@@H]5CCCN5c5ccc(C)cc5)cc(OC)cc4o3)nc2C1. The van der Waals surface area contributed by atoms with E-state index in [9.17, 15) is 0 Å². The van der Waals surface area contributed by atoms with Crippen molar-refractivity contribution in [2.75, 3.05) is 32.3 Å². The Kier molecular flexibility index (Phi) is 5.36. The highest BCUT2D eigenvalue weighted by Gasteiger charge is 2.26. The Morgan fingerprint density at radius 2 is 1.94 bits per heavy atom. The number of ether oxygens (including phenoxy) is 3. The lowest BCUT2D eigenvalue weighted by Crippen LogP contribution is -2.34. The molecule has 2 aromatic carbocycles. The summed E-state index contributed by atoms with van der Waals surface area (Å²) in [5.41, 5.74) is 3.94. The molecule has 1 atom stereocenters. The molecule has 1 saturated heterocycles. The summed E-state index contributed by atoms with van der Waals surface area (Å²) in [6.45, 7) is 3.74. The number of nitrogens with zero attached hydrogens (tertiary/aromatic N) is 4. The molecule has 0 unspecified atom stereocenters. The van der Waals surface area contributed by atoms with Crippen molar-refractivity contribution in [2.45, 2.75) is 32.2 Å². The van der Waals surface area contributed by atoms with Crippen LogP contribution in [0.4, 0.5) is 5.69 Å². The molecule has 180 valence electrons. The van der Waals surface area contributed by atoms with Crippen molar-refractivity contribution < 1.29 is 18.6 Å². The Morgan fingerprint density at radius 3 is 2.71 bits per heavy atom. The largest absolute Gasteiger partial charge is 0.496 e. The number of anilines is 1. The van der Waals surface area contributed by atoms with E-state index in [2.05, 4.69) is 46.2 Å². The first-order valence-electron chi connectivity index (χ1n) is 11.9. The maximum Gasteiger partial charge on any atom is 0.214 e. The van der Waals surface area contributed by atoms with Crippen LogP contribution < -0.4 is 14.4 Å². The zero-order valence-electron chi connectivity index (χ0n) is 20.2. The van der Waals surface area contributed by atoms with Gasteiger partial charge in [0.05, 0.1) is 38.3 Å². The number of benzene rings is 2. The number of methoxy groups -OCH3 is 2. The predicted octanol–water partition coefficient (Wildman–Crippen LogP) is 5.03. The van der Waals surface area contributed by atoms with Crippen LogP contribution in [0.1, 0.15) is 24.2 Å². The van der Waals surface area contributed by atoms with Gasteiger partial charge in [-0.3, -0.25) is 0 Å². The van der Waals surface area contributed by atoms with E-state index >= 15 is 0 Å². The minimum Gasteiger partial charge on any atom is -0.496 e. The summed E-state index contributed by atoms with van der Waals surface area (Å²) in [5.74, 6) is 3.57. The zero-order valence-corrected chi connectivity index (χ0v) is 20.2. The summed E-state index contributed by atoms with van der Waals surface area (Å²) in [6.07, 6.45) is 4.68. The molecule has 8 nitrogen and oxygen atoms in total. The van der Waals surface area contributed by atoms with Crippen molar-refractivity contribution >= 4 is 22.6 Å². The van der Waals surface area contributed by atoms with Crippen LogP contribution in [0.3, 0.4) is 0 Å². The molecule has 1 fully saturated rings. The number of aromatic nitrogens is 2. The van der Waals surface area contributed by atoms with E-state index < -0.39 is 0 Å². The first-order chi connectivity index (χ1) is 17.1. The van der Waals surface area contributed by atoms with E-state index in [0.717, 1.165) is 42.0 Å². The van der Waals surface area contributed by atoms with Gasteiger partial charge in [0, 0.05) is 24.4 Å². The smallest absolute Gasteiger partial charge is 0.214 e. The molecule has 0 spiro atoms. The molecular weight excluding hydrogens is 444 g/mol. The van der Waals surface area contributed by atoms with Crippen LogP contribution in [-0.4, -0.2) is 49.0 Å². The van der Waals surface area contributed by atoms with Gasteiger partial charge in [0.1, 0.15) is 35.2 Å². The molecule has 0 radical (unpaired) electrons. The Hall–Kier alpha value is -3.94. The first kappa shape index (κ1) is 21.6. The molecule has 2 aliphatic heterocycles. The third kappa shape index (κ3) is 3.99. The quantitative estimate of drug-likeness (QED) is 0.392. The Labute approximate surface area is 203 Å². The van der Waals surface area contributed by atoms with Gasteiger partial charge in [0.25, 0.3) is 0 Å². The van der Waals surface area contributed by atoms with Gasteiger partial charge in [-0.1, -0.05) is 17.7 Å². The summed E-state index contributed by atoms with van der Waals surface area (Å²) >= 11 is 0. The lowest BCUT2D eigenvalue weighted by molar-refractivity contribution is 0.290. The van der Waals surface area contributed by atoms with E-state index in [1.54, 1.807) is 18.9 Å². The summed E-state index contributed by atoms with van der Waals surface area (Å²) in [7, 11) is 3.27. The number of imidazole rings is 1. The van der Waals surface area contributed by atoms with E-state index in [1.807, 2.05) is 24.4 Å². The second-order valence-electron chi connectivity index (χ2n) is 9.05. The monoisotopic (exact) mass is 472 g/mol. The second-order valence-corrected chi connectivity index (χ2v) is 9.05. The Morgan fingerprint density at radius 1 is 1.09 bits per heavy atom. The van der Waals surface area contributed by atoms with Gasteiger partial charge in [0.2, 0.25) is 5.90 Å². The first-order valence-corrected chi connectivity index (χ1v) is 11.9. The topological polar surface area (TPSA) is 74.2 Å². The van der Waals surface area contributed by atoms with Crippen molar-refractivity contribution in [1.82, 2.24) is 9.66 Å². The van der Waals surface area contributed by atoms with Crippen molar-refractivity contribution in [3.63, 3.8) is 0 Å². The van der Waals surface area contributed by atoms with Crippen LogP contribution in [-0.2, 0) is 11.2 Å². The number of furan rings is 1. The molecule has 0 N–H and O–H groups in total. The fourth-order valence-corrected chi connectivity index (χ4v) is 4.86. The summed E-state index contributed by atoms with van der Waals surface area (Å²) < 4.78 is 25.1. The Bertz CT molecular complexity index is 1400. The fraction of sp³-hybridized carbons (Fsp3) is 0.333. The summed E-state index contributed by atoms with van der Waals surface area (Å²) in [6, 6.07) is 14.8. The maximum absolute atomic E-state index is 6.41. The number of aryl methyl sites for hydroxylation is 1. The van der Waals surface area contributed by atoms with Crippen molar-refractivity contribution in [2.24, 2.45) is 5.10 Å². The molecule has 2 aromatic heterocycles. The van der Waals surface area contributed by atoms with Gasteiger partial charge >= 0.3 is 0 Å². The van der Waals surface area contributed by atoms with E-state index in [4.69, 9.17) is 18.6 Å². The third-order valence-corrected chi connectivity index (χ3v) is 6.76. The van der Waals surface area contributed by atoms with Crippen LogP contribution in [0.25, 0.3) is 22.4 Å². The van der Waals surface area contributed by atoms with E-state index in [0.29, 0.717) is 42.1 Å². The van der Waals surface area contributed by atoms with Crippen LogP contribution >= 0.6 is 0 Å². The molecule has 0 aliphatic carbocycles. The normalized spacial score (nSPS) is 17.1. The van der Waals surface area contributed by atoms with Gasteiger partial charge in [-0.05, 0) is 38.0 Å². The van der Waals surface area contributed by atoms with E-state index in [-0.39, 0.29) is 0 Å². The molecule has 0 saturated carbocycles. The lowest BCUT2D eigenvalue weighted by Gasteiger charge is -2.27. The standard InChI is InChI=1S/C27H28N4O4/c1-17-6-8-18(9-7-17)30-10-4-5-19(30)16-34-23-11-20(32-2)12-24-21(23)13-25(35-24)22-15-31-26(28-22)14-27(29-31)33-3/h6-9,11-13,15,19H,4-5,10,14,16H2,1-3H3/t19-/m0/s1. The average molecular weight is 473 g/mol. The lowest BCUT2D eigenvalue weighted by atomic mass is 10.2. The van der Waals surface area contributed by atoms with Crippen LogP contribution in [0.5, 0.6) is 11.5 Å². The highest BCUT2D eigenvalue weighted by Crippen LogP contribution is 2.37. The maximum atomic E-state index is 6.41.